The zero-order valence-corrected chi connectivity index (χ0v) is 10.4. The third-order valence-corrected chi connectivity index (χ3v) is 2.71. The molecule has 0 amide bonds. The van der Waals surface area contributed by atoms with Gasteiger partial charge in [0.25, 0.3) is 0 Å². The number of aromatic nitrogens is 4. The van der Waals surface area contributed by atoms with Gasteiger partial charge in [0.1, 0.15) is 24.1 Å². The number of para-hydroxylation sites is 2. The van der Waals surface area contributed by atoms with Crippen molar-refractivity contribution >= 4 is 5.69 Å². The topological polar surface area (TPSA) is 68.8 Å². The van der Waals surface area contributed by atoms with Crippen LogP contribution in [0.25, 0.3) is 5.69 Å². The SMILES string of the molecule is Cc1cc(CNc2ccccc2-n2cncn2)no1. The lowest BCUT2D eigenvalue weighted by Gasteiger charge is -2.10. The molecule has 6 nitrogen and oxygen atoms in total. The van der Waals surface area contributed by atoms with Crippen molar-refractivity contribution in [3.8, 4) is 5.69 Å². The normalized spacial score (nSPS) is 10.6. The summed E-state index contributed by atoms with van der Waals surface area (Å²) in [5, 5.41) is 11.4. The number of benzene rings is 1. The highest BCUT2D eigenvalue weighted by molar-refractivity contribution is 5.60. The molecule has 0 aliphatic rings. The Morgan fingerprint density at radius 1 is 1.32 bits per heavy atom. The summed E-state index contributed by atoms with van der Waals surface area (Å²) in [6.45, 7) is 2.48. The van der Waals surface area contributed by atoms with Crippen LogP contribution in [0.2, 0.25) is 0 Å². The third kappa shape index (κ3) is 2.47. The lowest BCUT2D eigenvalue weighted by Crippen LogP contribution is -2.04. The Labute approximate surface area is 110 Å². The summed E-state index contributed by atoms with van der Waals surface area (Å²) in [7, 11) is 0. The molecule has 0 saturated carbocycles. The molecule has 0 bridgehead atoms. The number of rotatable bonds is 4. The number of nitrogens with zero attached hydrogens (tertiary/aromatic N) is 4. The van der Waals surface area contributed by atoms with Crippen LogP contribution in [0, 0.1) is 6.92 Å². The van der Waals surface area contributed by atoms with Gasteiger partial charge in [-0.3, -0.25) is 0 Å². The average molecular weight is 255 g/mol. The van der Waals surface area contributed by atoms with Crippen molar-refractivity contribution in [2.24, 2.45) is 0 Å². The fourth-order valence-electron chi connectivity index (χ4n) is 1.84. The molecule has 0 fully saturated rings. The van der Waals surface area contributed by atoms with Crippen molar-refractivity contribution in [3.63, 3.8) is 0 Å². The van der Waals surface area contributed by atoms with Crippen LogP contribution in [0.5, 0.6) is 0 Å². The standard InChI is InChI=1S/C13H13N5O/c1-10-6-11(17-19-10)7-15-12-4-2-3-5-13(12)18-9-14-8-16-18/h2-6,8-9,15H,7H2,1H3. The van der Waals surface area contributed by atoms with Gasteiger partial charge in [0.2, 0.25) is 0 Å². The first-order valence-corrected chi connectivity index (χ1v) is 5.93. The number of hydrogen-bond acceptors (Lipinski definition) is 5. The molecule has 0 atom stereocenters. The molecule has 0 spiro atoms. The van der Waals surface area contributed by atoms with E-state index >= 15 is 0 Å². The van der Waals surface area contributed by atoms with E-state index in [1.54, 1.807) is 11.0 Å². The Morgan fingerprint density at radius 3 is 2.95 bits per heavy atom. The van der Waals surface area contributed by atoms with Gasteiger partial charge < -0.3 is 9.84 Å². The zero-order chi connectivity index (χ0) is 13.1. The molecule has 2 aromatic heterocycles. The smallest absolute Gasteiger partial charge is 0.138 e. The number of hydrogen-bond donors (Lipinski definition) is 1. The van der Waals surface area contributed by atoms with Crippen LogP contribution >= 0.6 is 0 Å². The van der Waals surface area contributed by atoms with E-state index < -0.39 is 0 Å². The lowest BCUT2D eigenvalue weighted by molar-refractivity contribution is 0.391. The molecule has 1 aromatic carbocycles. The monoisotopic (exact) mass is 255 g/mol. The van der Waals surface area contributed by atoms with E-state index in [0.717, 1.165) is 22.8 Å². The van der Waals surface area contributed by atoms with E-state index in [0.29, 0.717) is 6.54 Å². The molecular formula is C13H13N5O. The highest BCUT2D eigenvalue weighted by atomic mass is 16.5. The molecule has 3 aromatic rings. The van der Waals surface area contributed by atoms with Crippen LogP contribution in [-0.2, 0) is 6.54 Å². The van der Waals surface area contributed by atoms with Gasteiger partial charge >= 0.3 is 0 Å². The minimum absolute atomic E-state index is 0.600. The maximum Gasteiger partial charge on any atom is 0.138 e. The van der Waals surface area contributed by atoms with Crippen molar-refractivity contribution in [2.75, 3.05) is 5.32 Å². The third-order valence-electron chi connectivity index (χ3n) is 2.71. The molecule has 1 N–H and O–H groups in total. The summed E-state index contributed by atoms with van der Waals surface area (Å²) in [4.78, 5) is 3.96. The number of aryl methyl sites for hydroxylation is 1. The van der Waals surface area contributed by atoms with Crippen LogP contribution in [0.1, 0.15) is 11.5 Å². The van der Waals surface area contributed by atoms with Crippen LogP contribution in [0.4, 0.5) is 5.69 Å². The highest BCUT2D eigenvalue weighted by Crippen LogP contribution is 2.19. The quantitative estimate of drug-likeness (QED) is 0.773. The highest BCUT2D eigenvalue weighted by Gasteiger charge is 2.05. The molecule has 2 heterocycles. The summed E-state index contributed by atoms with van der Waals surface area (Å²) in [6.07, 6.45) is 3.18. The van der Waals surface area contributed by atoms with Gasteiger partial charge in [-0.15, -0.1) is 0 Å². The molecule has 0 radical (unpaired) electrons. The predicted molar refractivity (Wildman–Crippen MR) is 69.9 cm³/mol. The van der Waals surface area contributed by atoms with Crippen LogP contribution in [0.15, 0.2) is 47.5 Å². The minimum atomic E-state index is 0.600. The Bertz CT molecular complexity index is 659. The van der Waals surface area contributed by atoms with Crippen molar-refractivity contribution in [2.45, 2.75) is 13.5 Å². The summed E-state index contributed by atoms with van der Waals surface area (Å²) < 4.78 is 6.76. The van der Waals surface area contributed by atoms with Gasteiger partial charge in [0, 0.05) is 6.07 Å². The second-order valence-electron chi connectivity index (χ2n) is 4.14. The fourth-order valence-corrected chi connectivity index (χ4v) is 1.84. The van der Waals surface area contributed by atoms with Crippen molar-refractivity contribution in [3.05, 3.63) is 54.4 Å². The van der Waals surface area contributed by atoms with Crippen LogP contribution < -0.4 is 5.32 Å². The van der Waals surface area contributed by atoms with E-state index in [9.17, 15) is 0 Å². The van der Waals surface area contributed by atoms with Crippen molar-refractivity contribution < 1.29 is 4.52 Å². The second kappa shape index (κ2) is 4.93. The Kier molecular flexibility index (Phi) is 2.97. The molecule has 6 heteroatoms. The first-order valence-electron chi connectivity index (χ1n) is 5.93. The summed E-state index contributed by atoms with van der Waals surface area (Å²) >= 11 is 0. The molecule has 0 saturated heterocycles. The van der Waals surface area contributed by atoms with E-state index in [4.69, 9.17) is 4.52 Å². The van der Waals surface area contributed by atoms with Gasteiger partial charge in [-0.2, -0.15) is 5.10 Å². The van der Waals surface area contributed by atoms with Gasteiger partial charge in [-0.05, 0) is 19.1 Å². The molecule has 0 aliphatic carbocycles. The molecule has 96 valence electrons. The van der Waals surface area contributed by atoms with Crippen molar-refractivity contribution in [1.29, 1.82) is 0 Å². The van der Waals surface area contributed by atoms with Gasteiger partial charge in [0.15, 0.2) is 0 Å². The molecule has 0 unspecified atom stereocenters. The van der Waals surface area contributed by atoms with E-state index in [-0.39, 0.29) is 0 Å². The first kappa shape index (κ1) is 11.5. The summed E-state index contributed by atoms with van der Waals surface area (Å²) in [6, 6.07) is 9.80. The second-order valence-corrected chi connectivity index (χ2v) is 4.14. The zero-order valence-electron chi connectivity index (χ0n) is 10.4. The number of anilines is 1. The largest absolute Gasteiger partial charge is 0.378 e. The maximum atomic E-state index is 5.04. The molecule has 3 rings (SSSR count). The Morgan fingerprint density at radius 2 is 2.21 bits per heavy atom. The maximum absolute atomic E-state index is 5.04. The molecule has 0 aliphatic heterocycles. The van der Waals surface area contributed by atoms with E-state index in [1.165, 1.54) is 6.33 Å². The first-order chi connectivity index (χ1) is 9.33. The molecule has 19 heavy (non-hydrogen) atoms. The summed E-state index contributed by atoms with van der Waals surface area (Å²) in [5.74, 6) is 0.807. The van der Waals surface area contributed by atoms with Gasteiger partial charge in [-0.25, -0.2) is 9.67 Å². The summed E-state index contributed by atoms with van der Waals surface area (Å²) in [5.41, 5.74) is 2.78. The van der Waals surface area contributed by atoms with E-state index in [2.05, 4.69) is 20.6 Å². The van der Waals surface area contributed by atoms with E-state index in [1.807, 2.05) is 37.3 Å². The van der Waals surface area contributed by atoms with Crippen LogP contribution in [-0.4, -0.2) is 19.9 Å². The molecular weight excluding hydrogens is 242 g/mol. The Balaban J connectivity index is 1.81. The van der Waals surface area contributed by atoms with Gasteiger partial charge in [0.05, 0.1) is 17.9 Å². The lowest BCUT2D eigenvalue weighted by atomic mass is 10.2. The average Bonchev–Trinajstić information content (AvgIpc) is 3.08. The Hall–Kier alpha value is -2.63. The van der Waals surface area contributed by atoms with Crippen molar-refractivity contribution in [1.82, 2.24) is 19.9 Å². The minimum Gasteiger partial charge on any atom is -0.378 e. The van der Waals surface area contributed by atoms with Gasteiger partial charge in [-0.1, -0.05) is 17.3 Å². The fraction of sp³-hybridized carbons (Fsp3) is 0.154. The predicted octanol–water partition coefficient (Wildman–Crippen LogP) is 2.18. The van der Waals surface area contributed by atoms with Crippen LogP contribution in [0.3, 0.4) is 0 Å². The number of nitrogens with one attached hydrogen (secondary N) is 1.